The number of nitrogens with one attached hydrogen (secondary N) is 1. The Balaban J connectivity index is 1.64. The Hall–Kier alpha value is -2.55. The summed E-state index contributed by atoms with van der Waals surface area (Å²) in [4.78, 5) is 30.0. The van der Waals surface area contributed by atoms with Crippen molar-refractivity contribution in [3.63, 3.8) is 0 Å². The van der Waals surface area contributed by atoms with E-state index in [0.29, 0.717) is 44.1 Å². The normalized spacial score (nSPS) is 16.1. The Morgan fingerprint density at radius 2 is 1.77 bits per heavy atom. The summed E-state index contributed by atoms with van der Waals surface area (Å²) >= 11 is 0. The van der Waals surface area contributed by atoms with E-state index in [1.165, 1.54) is 25.2 Å². The van der Waals surface area contributed by atoms with Gasteiger partial charge in [0.1, 0.15) is 5.82 Å². The Morgan fingerprint density at radius 1 is 1.08 bits per heavy atom. The average molecular weight is 368 g/mol. The van der Waals surface area contributed by atoms with Crippen molar-refractivity contribution in [1.29, 1.82) is 0 Å². The summed E-state index contributed by atoms with van der Waals surface area (Å²) in [5.74, 6) is 0.469. The van der Waals surface area contributed by atoms with Gasteiger partial charge in [0.15, 0.2) is 0 Å². The number of H-pyrrole nitrogens is 1. The monoisotopic (exact) mass is 368 g/mol. The van der Waals surface area contributed by atoms with Gasteiger partial charge < -0.3 is 4.90 Å². The molecule has 0 unspecified atom stereocenters. The van der Waals surface area contributed by atoms with Gasteiger partial charge >= 0.3 is 11.9 Å². The first kappa shape index (κ1) is 18.2. The number of benzene rings is 1. The van der Waals surface area contributed by atoms with Crippen LogP contribution in [-0.4, -0.2) is 40.6 Å². The highest BCUT2D eigenvalue weighted by Gasteiger charge is 2.30. The minimum absolute atomic E-state index is 0.379. The maximum atomic E-state index is 12.8. The van der Waals surface area contributed by atoms with Crippen LogP contribution >= 0.6 is 0 Å². The predicted molar refractivity (Wildman–Crippen MR) is 91.2 cm³/mol. The van der Waals surface area contributed by atoms with Crippen molar-refractivity contribution in [1.82, 2.24) is 14.5 Å². The summed E-state index contributed by atoms with van der Waals surface area (Å²) < 4.78 is 39.4. The number of alkyl halides is 3. The number of aromatic nitrogens is 2. The quantitative estimate of drug-likeness (QED) is 0.890. The third kappa shape index (κ3) is 3.98. The first-order valence-electron chi connectivity index (χ1n) is 8.18. The SMILES string of the molecule is Cn1c(=O)cc(N2CCN(Cc3cccc(C(F)(F)F)c3)CC2)[nH]c1=O. The zero-order valence-electron chi connectivity index (χ0n) is 14.2. The van der Waals surface area contributed by atoms with Gasteiger partial charge in [0, 0.05) is 45.8 Å². The molecule has 0 aliphatic carbocycles. The molecule has 2 aromatic rings. The lowest BCUT2D eigenvalue weighted by Gasteiger charge is -2.35. The summed E-state index contributed by atoms with van der Waals surface area (Å²) in [6.07, 6.45) is -4.35. The fraction of sp³-hybridized carbons (Fsp3) is 0.412. The molecule has 26 heavy (non-hydrogen) atoms. The summed E-state index contributed by atoms with van der Waals surface area (Å²) in [6, 6.07) is 6.71. The van der Waals surface area contributed by atoms with E-state index in [1.807, 2.05) is 9.80 Å². The lowest BCUT2D eigenvalue weighted by Crippen LogP contribution is -2.47. The van der Waals surface area contributed by atoms with Gasteiger partial charge in [-0.15, -0.1) is 0 Å². The van der Waals surface area contributed by atoms with Gasteiger partial charge in [0.05, 0.1) is 5.56 Å². The Morgan fingerprint density at radius 3 is 2.38 bits per heavy atom. The minimum atomic E-state index is -4.35. The number of hydrogen-bond acceptors (Lipinski definition) is 4. The van der Waals surface area contributed by atoms with Crippen LogP contribution in [0.4, 0.5) is 19.0 Å². The number of aromatic amines is 1. The van der Waals surface area contributed by atoms with Crippen LogP contribution in [-0.2, 0) is 19.8 Å². The van der Waals surface area contributed by atoms with Gasteiger partial charge in [-0.05, 0) is 11.6 Å². The number of nitrogens with zero attached hydrogens (tertiary/aromatic N) is 3. The molecule has 1 aliphatic heterocycles. The molecule has 6 nitrogen and oxygen atoms in total. The molecule has 9 heteroatoms. The highest BCUT2D eigenvalue weighted by atomic mass is 19.4. The average Bonchev–Trinajstić information content (AvgIpc) is 2.59. The second-order valence-electron chi connectivity index (χ2n) is 6.32. The molecular weight excluding hydrogens is 349 g/mol. The largest absolute Gasteiger partial charge is 0.416 e. The molecule has 0 saturated carbocycles. The van der Waals surface area contributed by atoms with Crippen molar-refractivity contribution in [2.24, 2.45) is 7.05 Å². The summed E-state index contributed by atoms with van der Waals surface area (Å²) in [6.45, 7) is 2.80. The van der Waals surface area contributed by atoms with E-state index in [1.54, 1.807) is 6.07 Å². The molecule has 0 atom stereocenters. The van der Waals surface area contributed by atoms with Crippen LogP contribution in [0.3, 0.4) is 0 Å². The van der Waals surface area contributed by atoms with Crippen LogP contribution in [0.1, 0.15) is 11.1 Å². The van der Waals surface area contributed by atoms with E-state index >= 15 is 0 Å². The number of piperazine rings is 1. The van der Waals surface area contributed by atoms with Gasteiger partial charge in [-0.1, -0.05) is 18.2 Å². The first-order chi connectivity index (χ1) is 12.2. The molecule has 1 aromatic heterocycles. The van der Waals surface area contributed by atoms with E-state index < -0.39 is 17.4 Å². The molecule has 1 saturated heterocycles. The van der Waals surface area contributed by atoms with Gasteiger partial charge in [-0.3, -0.25) is 19.2 Å². The van der Waals surface area contributed by atoms with Crippen LogP contribution < -0.4 is 16.1 Å². The van der Waals surface area contributed by atoms with Crippen LogP contribution in [0.15, 0.2) is 39.9 Å². The molecule has 0 radical (unpaired) electrons. The number of rotatable bonds is 3. The molecule has 0 amide bonds. The van der Waals surface area contributed by atoms with Crippen molar-refractivity contribution in [3.8, 4) is 0 Å². The predicted octanol–water partition coefficient (Wildman–Crippen LogP) is 1.41. The molecular formula is C17H19F3N4O2. The van der Waals surface area contributed by atoms with Gasteiger partial charge in [-0.2, -0.15) is 13.2 Å². The van der Waals surface area contributed by atoms with Crippen molar-refractivity contribution in [2.75, 3.05) is 31.1 Å². The fourth-order valence-electron chi connectivity index (χ4n) is 2.96. The third-order valence-electron chi connectivity index (χ3n) is 4.50. The molecule has 0 spiro atoms. The molecule has 0 bridgehead atoms. The molecule has 3 rings (SSSR count). The Bertz CT molecular complexity index is 865. The van der Waals surface area contributed by atoms with E-state index in [2.05, 4.69) is 4.98 Å². The van der Waals surface area contributed by atoms with Crippen LogP contribution in [0.5, 0.6) is 0 Å². The zero-order valence-corrected chi connectivity index (χ0v) is 14.2. The number of hydrogen-bond donors (Lipinski definition) is 1. The van der Waals surface area contributed by atoms with Crippen LogP contribution in [0.25, 0.3) is 0 Å². The maximum absolute atomic E-state index is 12.8. The molecule has 1 fully saturated rings. The molecule has 2 heterocycles. The fourth-order valence-corrected chi connectivity index (χ4v) is 2.96. The number of halogens is 3. The lowest BCUT2D eigenvalue weighted by atomic mass is 10.1. The Labute approximate surface area is 147 Å². The summed E-state index contributed by atoms with van der Waals surface area (Å²) in [7, 11) is 1.40. The first-order valence-corrected chi connectivity index (χ1v) is 8.18. The van der Waals surface area contributed by atoms with Gasteiger partial charge in [0.25, 0.3) is 5.56 Å². The summed E-state index contributed by atoms with van der Waals surface area (Å²) in [5, 5.41) is 0. The molecule has 1 N–H and O–H groups in total. The smallest absolute Gasteiger partial charge is 0.355 e. The molecule has 1 aromatic carbocycles. The van der Waals surface area contributed by atoms with E-state index in [0.717, 1.165) is 10.6 Å². The minimum Gasteiger partial charge on any atom is -0.355 e. The van der Waals surface area contributed by atoms with Crippen molar-refractivity contribution in [3.05, 3.63) is 62.3 Å². The van der Waals surface area contributed by atoms with Crippen LogP contribution in [0, 0.1) is 0 Å². The standard InChI is InChI=1S/C17H19F3N4O2/c1-22-15(25)10-14(21-16(22)26)24-7-5-23(6-8-24)11-12-3-2-4-13(9-12)17(18,19)20/h2-4,9-10H,5-8,11H2,1H3,(H,21,26). The number of anilines is 1. The zero-order chi connectivity index (χ0) is 18.9. The molecule has 1 aliphatic rings. The topological polar surface area (TPSA) is 61.3 Å². The van der Waals surface area contributed by atoms with Crippen LogP contribution in [0.2, 0.25) is 0 Å². The maximum Gasteiger partial charge on any atom is 0.416 e. The highest BCUT2D eigenvalue weighted by molar-refractivity contribution is 5.37. The third-order valence-corrected chi connectivity index (χ3v) is 4.50. The van der Waals surface area contributed by atoms with E-state index in [9.17, 15) is 22.8 Å². The van der Waals surface area contributed by atoms with Crippen molar-refractivity contribution >= 4 is 5.82 Å². The Kier molecular flexibility index (Phi) is 4.90. The van der Waals surface area contributed by atoms with Gasteiger partial charge in [-0.25, -0.2) is 4.79 Å². The van der Waals surface area contributed by atoms with E-state index in [-0.39, 0.29) is 5.56 Å². The summed E-state index contributed by atoms with van der Waals surface area (Å²) in [5.41, 5.74) is -0.893. The van der Waals surface area contributed by atoms with Gasteiger partial charge in [0.2, 0.25) is 0 Å². The highest BCUT2D eigenvalue weighted by Crippen LogP contribution is 2.29. The lowest BCUT2D eigenvalue weighted by molar-refractivity contribution is -0.137. The van der Waals surface area contributed by atoms with Crippen molar-refractivity contribution in [2.45, 2.75) is 12.7 Å². The van der Waals surface area contributed by atoms with E-state index in [4.69, 9.17) is 0 Å². The second kappa shape index (κ2) is 6.99. The molecule has 140 valence electrons. The van der Waals surface area contributed by atoms with Crippen molar-refractivity contribution < 1.29 is 13.2 Å². The second-order valence-corrected chi connectivity index (χ2v) is 6.32.